The maximum absolute atomic E-state index is 9.58. The summed E-state index contributed by atoms with van der Waals surface area (Å²) in [7, 11) is 0. The van der Waals surface area contributed by atoms with Gasteiger partial charge in [0.25, 0.3) is 0 Å². The van der Waals surface area contributed by atoms with Gasteiger partial charge in [0, 0.05) is 40.4 Å². The molecule has 4 heterocycles. The molecule has 11 rings (SSSR count). The van der Waals surface area contributed by atoms with Crippen LogP contribution in [0.25, 0.3) is 55.7 Å². The van der Waals surface area contributed by atoms with Gasteiger partial charge in [0.05, 0.1) is 20.0 Å². The van der Waals surface area contributed by atoms with Crippen LogP contribution in [0.1, 0.15) is 93.2 Å². The smallest absolute Gasteiger partial charge is 0.501 e. The number of aryl methyl sites for hydroxylation is 8. The van der Waals surface area contributed by atoms with Crippen LogP contribution in [-0.4, -0.2) is 15.0 Å². The fraction of sp³-hybridized carbons (Fsp3) is 0.207. The predicted molar refractivity (Wildman–Crippen MR) is 250 cm³/mol. The molecule has 0 radical (unpaired) electrons. The molecule has 6 heteroatoms. The standard InChI is InChI=1S/C58H45N4O.Ir/c59-34-44-22-26-51-52-14-5-15-53(58(52)63-57(51)33-44)56-29-25-40(37-62-56)18-21-43-31-41(19-16-38-23-27-54(60-35-38)49-12-3-8-45-6-1-10-47(45)49)30-42(32-43)20-17-39-24-28-55(61-36-39)50-13-4-9-46-7-2-11-48(46)50;/h3-5,8-9,14,22-33,35-37H,1-2,6-7,10-11,16-21H2;/q-3;+3/i16D2,17D2,18D2,19D2,20D2,21D2,22D,33D;. The molecule has 0 bridgehead atoms. The van der Waals surface area contributed by atoms with Gasteiger partial charge in [-0.05, 0) is 114 Å². The van der Waals surface area contributed by atoms with Crippen molar-refractivity contribution in [1.82, 2.24) is 15.0 Å². The Balaban J connectivity index is 0.00000688. The Morgan fingerprint density at radius 2 is 1.03 bits per heavy atom. The van der Waals surface area contributed by atoms with Crippen molar-refractivity contribution in [1.29, 1.82) is 5.26 Å². The van der Waals surface area contributed by atoms with Gasteiger partial charge in [-0.3, -0.25) is 0 Å². The van der Waals surface area contributed by atoms with E-state index < -0.39 is 54.9 Å². The van der Waals surface area contributed by atoms with Gasteiger partial charge in [0.15, 0.2) is 0 Å². The number of furan rings is 1. The van der Waals surface area contributed by atoms with Crippen LogP contribution in [0.15, 0.2) is 132 Å². The molecular formula is C58H45IrN4O. The molecule has 0 aliphatic heterocycles. The zero-order chi connectivity index (χ0) is 54.6. The summed E-state index contributed by atoms with van der Waals surface area (Å²) in [4.78, 5) is 13.6. The zero-order valence-electron chi connectivity index (χ0n) is 48.2. The minimum atomic E-state index is -3.17. The maximum Gasteiger partial charge on any atom is 3.00 e. The van der Waals surface area contributed by atoms with E-state index in [0.29, 0.717) is 27.7 Å². The SMILES string of the molecule is [2H]c1cc2c(oc3c(-c4ccc(C([2H])([2H])C([2H])([2H])c5cc(C([2H])([2H])C([2H])([2H])c6ccc(-c7[c-]ccc8c7CCC8)nc6)cc(C([2H])([2H])C([2H])([2H])c6ccc(-c7[c-]ccc8c7CCC8)nc6)c5)cn4)[c-]ccc32)c([2H])c1C#N.[Ir+3]. The molecule has 0 saturated carbocycles. The first kappa shape index (κ1) is 28.3. The monoisotopic (exact) mass is 1020 g/mol. The molecular weight excluding hydrogens is 961 g/mol. The van der Waals surface area contributed by atoms with Gasteiger partial charge < -0.3 is 19.4 Å². The molecule has 2 aliphatic rings. The van der Waals surface area contributed by atoms with Crippen molar-refractivity contribution in [3.63, 3.8) is 0 Å². The van der Waals surface area contributed by atoms with Gasteiger partial charge >= 0.3 is 20.1 Å². The van der Waals surface area contributed by atoms with E-state index in [1.165, 1.54) is 53.9 Å². The molecule has 4 aromatic heterocycles. The predicted octanol–water partition coefficient (Wildman–Crippen LogP) is 12.4. The summed E-state index contributed by atoms with van der Waals surface area (Å²) < 4.78 is 136. The Morgan fingerprint density at radius 3 is 1.52 bits per heavy atom. The number of benzene rings is 5. The summed E-state index contributed by atoms with van der Waals surface area (Å²) in [5.74, 6) is 0. The van der Waals surface area contributed by atoms with E-state index in [9.17, 15) is 21.7 Å². The average Bonchev–Trinajstić information content (AvgIpc) is 4.30. The largest absolute Gasteiger partial charge is 3.00 e. The maximum atomic E-state index is 9.58. The normalized spacial score (nSPS) is 17.4. The summed E-state index contributed by atoms with van der Waals surface area (Å²) in [6.45, 7) is 0. The first-order valence-electron chi connectivity index (χ1n) is 27.9. The van der Waals surface area contributed by atoms with Crippen molar-refractivity contribution in [2.45, 2.75) is 76.8 Å². The van der Waals surface area contributed by atoms with E-state index in [1.54, 1.807) is 24.3 Å². The van der Waals surface area contributed by atoms with Crippen LogP contribution in [0.4, 0.5) is 0 Å². The van der Waals surface area contributed by atoms with Crippen molar-refractivity contribution < 1.29 is 43.7 Å². The molecule has 5 aromatic carbocycles. The Bertz CT molecular complexity index is 3730. The van der Waals surface area contributed by atoms with E-state index in [0.717, 1.165) is 85.2 Å². The fourth-order valence-corrected chi connectivity index (χ4v) is 8.54. The number of aromatic nitrogens is 3. The summed E-state index contributed by atoms with van der Waals surface area (Å²) in [5, 5.41) is 10.5. The van der Waals surface area contributed by atoms with Gasteiger partial charge in [-0.1, -0.05) is 97.3 Å². The van der Waals surface area contributed by atoms with Crippen molar-refractivity contribution in [3.8, 4) is 39.8 Å². The molecule has 0 spiro atoms. The van der Waals surface area contributed by atoms with Gasteiger partial charge in [0.1, 0.15) is 5.58 Å². The zero-order valence-corrected chi connectivity index (χ0v) is 36.6. The number of fused-ring (bicyclic) bond motifs is 5. The van der Waals surface area contributed by atoms with Crippen molar-refractivity contribution in [2.24, 2.45) is 0 Å². The van der Waals surface area contributed by atoms with Crippen LogP contribution in [0.2, 0.25) is 0 Å². The molecule has 9 aromatic rings. The van der Waals surface area contributed by atoms with Gasteiger partial charge in [-0.15, -0.1) is 88.0 Å². The summed E-state index contributed by atoms with van der Waals surface area (Å²) in [6.07, 6.45) is -9.32. The third-order valence-corrected chi connectivity index (χ3v) is 11.6. The van der Waals surface area contributed by atoms with Crippen LogP contribution in [0.3, 0.4) is 0 Å². The minimum absolute atomic E-state index is 0. The Kier molecular flexibility index (Phi) is 8.10. The van der Waals surface area contributed by atoms with Crippen LogP contribution >= 0.6 is 0 Å². The summed E-state index contributed by atoms with van der Waals surface area (Å²) in [5.41, 5.74) is 5.29. The third kappa shape index (κ3) is 8.47. The third-order valence-electron chi connectivity index (χ3n) is 11.6. The van der Waals surface area contributed by atoms with E-state index >= 15 is 0 Å². The first-order chi connectivity index (χ1) is 36.5. The Labute approximate surface area is 408 Å². The molecule has 2 aliphatic carbocycles. The van der Waals surface area contributed by atoms with E-state index in [4.69, 9.17) is 7.16 Å². The quantitative estimate of drug-likeness (QED) is 0.114. The second kappa shape index (κ2) is 18.3. The van der Waals surface area contributed by atoms with Crippen LogP contribution in [0.5, 0.6) is 0 Å². The molecule has 0 unspecified atom stereocenters. The number of nitrogens with zero attached hydrogens (tertiary/aromatic N) is 4. The van der Waals surface area contributed by atoms with Crippen molar-refractivity contribution in [2.75, 3.05) is 0 Å². The molecule has 0 fully saturated rings. The van der Waals surface area contributed by atoms with Crippen LogP contribution < -0.4 is 0 Å². The number of pyridine rings is 3. The van der Waals surface area contributed by atoms with E-state index in [2.05, 4.69) is 33.2 Å². The number of rotatable bonds is 12. The van der Waals surface area contributed by atoms with Crippen molar-refractivity contribution >= 4 is 21.9 Å². The topological polar surface area (TPSA) is 75.6 Å². The second-order valence-corrected chi connectivity index (χ2v) is 15.6. The summed E-state index contributed by atoms with van der Waals surface area (Å²) in [6, 6.07) is 34.9. The van der Waals surface area contributed by atoms with Crippen LogP contribution in [0, 0.1) is 29.5 Å². The van der Waals surface area contributed by atoms with Crippen LogP contribution in [-0.2, 0) is 84.0 Å². The number of hydrogen-bond acceptors (Lipinski definition) is 5. The molecule has 64 heavy (non-hydrogen) atoms. The molecule has 0 saturated heterocycles. The summed E-state index contributed by atoms with van der Waals surface area (Å²) >= 11 is 0. The number of nitriles is 1. The fourth-order valence-electron chi connectivity index (χ4n) is 8.54. The first-order valence-corrected chi connectivity index (χ1v) is 20.9. The molecule has 5 nitrogen and oxygen atoms in total. The van der Waals surface area contributed by atoms with Gasteiger partial charge in [-0.2, -0.15) is 5.26 Å². The molecule has 0 amide bonds. The molecule has 312 valence electrons. The Morgan fingerprint density at radius 1 is 0.562 bits per heavy atom. The molecule has 0 atom stereocenters. The molecule has 0 N–H and O–H groups in total. The average molecular weight is 1020 g/mol. The van der Waals surface area contributed by atoms with E-state index in [-0.39, 0.29) is 71.3 Å². The Hall–Kier alpha value is -6.51. The van der Waals surface area contributed by atoms with E-state index in [1.807, 2.05) is 30.3 Å². The second-order valence-electron chi connectivity index (χ2n) is 15.6. The van der Waals surface area contributed by atoms with Gasteiger partial charge in [0.2, 0.25) is 0 Å². The number of hydrogen-bond donors (Lipinski definition) is 0. The minimum Gasteiger partial charge on any atom is -0.501 e. The van der Waals surface area contributed by atoms with Gasteiger partial charge in [-0.25, -0.2) is 0 Å². The van der Waals surface area contributed by atoms with Crippen molar-refractivity contribution in [3.05, 3.63) is 207 Å².